The highest BCUT2D eigenvalue weighted by Crippen LogP contribution is 2.14. The average Bonchev–Trinajstić information content (AvgIpc) is 2.79. The highest BCUT2D eigenvalue weighted by atomic mass is 19.2. The first kappa shape index (κ1) is 12.5. The molecule has 0 unspecified atom stereocenters. The summed E-state index contributed by atoms with van der Waals surface area (Å²) in [5.74, 6) is -0.813. The summed E-state index contributed by atoms with van der Waals surface area (Å²) in [6.07, 6.45) is 4.66. The quantitative estimate of drug-likeness (QED) is 0.884. The van der Waals surface area contributed by atoms with Crippen LogP contribution in [-0.2, 0) is 13.1 Å². The van der Waals surface area contributed by atoms with Gasteiger partial charge in [-0.1, -0.05) is 6.92 Å². The molecule has 0 aliphatic rings. The summed E-state index contributed by atoms with van der Waals surface area (Å²) in [5.41, 5.74) is 0.542. The first-order chi connectivity index (χ1) is 8.70. The number of benzene rings is 1. The monoisotopic (exact) mass is 251 g/mol. The minimum Gasteiger partial charge on any atom is -0.378 e. The van der Waals surface area contributed by atoms with Crippen molar-refractivity contribution in [3.63, 3.8) is 0 Å². The van der Waals surface area contributed by atoms with Crippen LogP contribution in [-0.4, -0.2) is 9.55 Å². The van der Waals surface area contributed by atoms with Gasteiger partial charge in [-0.25, -0.2) is 13.8 Å². The van der Waals surface area contributed by atoms with Crippen molar-refractivity contribution < 1.29 is 8.78 Å². The van der Waals surface area contributed by atoms with Gasteiger partial charge in [0, 0.05) is 30.7 Å². The Bertz CT molecular complexity index is 523. The SMILES string of the molecule is CCCn1ccnc1CNc1ccc(F)c(F)c1. The molecule has 0 aliphatic heterocycles. The Labute approximate surface area is 104 Å². The first-order valence-electron chi connectivity index (χ1n) is 5.89. The molecular formula is C13H15F2N3. The second kappa shape index (κ2) is 5.62. The molecule has 0 amide bonds. The summed E-state index contributed by atoms with van der Waals surface area (Å²) < 4.78 is 27.8. The van der Waals surface area contributed by atoms with E-state index in [1.54, 1.807) is 6.20 Å². The van der Waals surface area contributed by atoms with Crippen LogP contribution in [0.2, 0.25) is 0 Å². The fourth-order valence-corrected chi connectivity index (χ4v) is 1.74. The predicted octanol–water partition coefficient (Wildman–Crippen LogP) is 3.18. The number of anilines is 1. The Morgan fingerprint density at radius 3 is 2.83 bits per heavy atom. The number of imidazole rings is 1. The number of nitrogens with zero attached hydrogens (tertiary/aromatic N) is 2. The van der Waals surface area contributed by atoms with E-state index in [4.69, 9.17) is 0 Å². The van der Waals surface area contributed by atoms with Gasteiger partial charge in [-0.2, -0.15) is 0 Å². The van der Waals surface area contributed by atoms with Gasteiger partial charge in [0.1, 0.15) is 5.82 Å². The molecule has 0 radical (unpaired) electrons. The van der Waals surface area contributed by atoms with Crippen LogP contribution in [0, 0.1) is 11.6 Å². The maximum atomic E-state index is 13.0. The van der Waals surface area contributed by atoms with Crippen LogP contribution < -0.4 is 5.32 Å². The van der Waals surface area contributed by atoms with Gasteiger partial charge in [-0.15, -0.1) is 0 Å². The minimum atomic E-state index is -0.850. The standard InChI is InChI=1S/C13H15F2N3/c1-2-6-18-7-5-16-13(18)9-17-10-3-4-11(14)12(15)8-10/h3-5,7-8,17H,2,6,9H2,1H3. The van der Waals surface area contributed by atoms with Crippen LogP contribution in [0.15, 0.2) is 30.6 Å². The van der Waals surface area contributed by atoms with Crippen molar-refractivity contribution >= 4 is 5.69 Å². The van der Waals surface area contributed by atoms with Gasteiger partial charge in [0.05, 0.1) is 6.54 Å². The predicted molar refractivity (Wildman–Crippen MR) is 66.2 cm³/mol. The zero-order chi connectivity index (χ0) is 13.0. The summed E-state index contributed by atoms with van der Waals surface area (Å²) in [5, 5.41) is 3.02. The first-order valence-corrected chi connectivity index (χ1v) is 5.89. The highest BCUT2D eigenvalue weighted by molar-refractivity contribution is 5.43. The van der Waals surface area contributed by atoms with E-state index in [0.717, 1.165) is 30.9 Å². The zero-order valence-corrected chi connectivity index (χ0v) is 10.2. The van der Waals surface area contributed by atoms with E-state index in [2.05, 4.69) is 17.2 Å². The molecular weight excluding hydrogens is 236 g/mol. The summed E-state index contributed by atoms with van der Waals surface area (Å²) in [6, 6.07) is 3.75. The van der Waals surface area contributed by atoms with Gasteiger partial charge in [-0.05, 0) is 18.6 Å². The molecule has 3 nitrogen and oxygen atoms in total. The molecule has 0 atom stereocenters. The summed E-state index contributed by atoms with van der Waals surface area (Å²) >= 11 is 0. The third kappa shape index (κ3) is 2.85. The Balaban J connectivity index is 2.02. The Kier molecular flexibility index (Phi) is 3.92. The average molecular weight is 251 g/mol. The van der Waals surface area contributed by atoms with Crippen molar-refractivity contribution in [3.8, 4) is 0 Å². The molecule has 0 saturated carbocycles. The second-order valence-corrected chi connectivity index (χ2v) is 4.02. The molecule has 1 aromatic heterocycles. The molecule has 0 fully saturated rings. The van der Waals surface area contributed by atoms with Crippen LogP contribution in [0.25, 0.3) is 0 Å². The fraction of sp³-hybridized carbons (Fsp3) is 0.308. The molecule has 96 valence electrons. The summed E-state index contributed by atoms with van der Waals surface area (Å²) in [4.78, 5) is 4.22. The normalized spacial score (nSPS) is 10.6. The molecule has 1 aromatic carbocycles. The number of hydrogen-bond donors (Lipinski definition) is 1. The van der Waals surface area contributed by atoms with Gasteiger partial charge in [-0.3, -0.25) is 0 Å². The van der Waals surface area contributed by atoms with Crippen molar-refractivity contribution in [1.29, 1.82) is 0 Å². The fourth-order valence-electron chi connectivity index (χ4n) is 1.74. The number of halogens is 2. The Morgan fingerprint density at radius 1 is 1.28 bits per heavy atom. The topological polar surface area (TPSA) is 29.9 Å². The molecule has 5 heteroatoms. The lowest BCUT2D eigenvalue weighted by Crippen LogP contribution is -2.08. The van der Waals surface area contributed by atoms with Crippen LogP contribution in [0.1, 0.15) is 19.2 Å². The second-order valence-electron chi connectivity index (χ2n) is 4.02. The number of nitrogens with one attached hydrogen (secondary N) is 1. The Morgan fingerprint density at radius 2 is 2.11 bits per heavy atom. The number of rotatable bonds is 5. The van der Waals surface area contributed by atoms with Gasteiger partial charge in [0.15, 0.2) is 11.6 Å². The lowest BCUT2D eigenvalue weighted by atomic mass is 10.3. The smallest absolute Gasteiger partial charge is 0.160 e. The third-order valence-electron chi connectivity index (χ3n) is 2.64. The summed E-state index contributed by atoms with van der Waals surface area (Å²) in [6.45, 7) is 3.47. The number of aryl methyl sites for hydroxylation is 1. The van der Waals surface area contributed by atoms with Crippen LogP contribution in [0.3, 0.4) is 0 Å². The molecule has 0 aliphatic carbocycles. The highest BCUT2D eigenvalue weighted by Gasteiger charge is 2.04. The van der Waals surface area contributed by atoms with Crippen molar-refractivity contribution in [1.82, 2.24) is 9.55 Å². The van der Waals surface area contributed by atoms with E-state index in [-0.39, 0.29) is 0 Å². The maximum absolute atomic E-state index is 13.0. The molecule has 2 rings (SSSR count). The lowest BCUT2D eigenvalue weighted by Gasteiger charge is -2.09. The van der Waals surface area contributed by atoms with E-state index < -0.39 is 11.6 Å². The van der Waals surface area contributed by atoms with Crippen molar-refractivity contribution in [2.24, 2.45) is 0 Å². The van der Waals surface area contributed by atoms with E-state index in [1.807, 2.05) is 10.8 Å². The lowest BCUT2D eigenvalue weighted by molar-refractivity contribution is 0.509. The molecule has 0 saturated heterocycles. The van der Waals surface area contributed by atoms with Crippen LogP contribution in [0.5, 0.6) is 0 Å². The molecule has 0 bridgehead atoms. The molecule has 1 N–H and O–H groups in total. The number of hydrogen-bond acceptors (Lipinski definition) is 2. The maximum Gasteiger partial charge on any atom is 0.160 e. The van der Waals surface area contributed by atoms with E-state index in [9.17, 15) is 8.78 Å². The Hall–Kier alpha value is -1.91. The van der Waals surface area contributed by atoms with Crippen LogP contribution >= 0.6 is 0 Å². The third-order valence-corrected chi connectivity index (χ3v) is 2.64. The van der Waals surface area contributed by atoms with E-state index in [0.29, 0.717) is 12.2 Å². The molecule has 18 heavy (non-hydrogen) atoms. The summed E-state index contributed by atoms with van der Waals surface area (Å²) in [7, 11) is 0. The van der Waals surface area contributed by atoms with Crippen LogP contribution in [0.4, 0.5) is 14.5 Å². The minimum absolute atomic E-state index is 0.484. The van der Waals surface area contributed by atoms with E-state index >= 15 is 0 Å². The van der Waals surface area contributed by atoms with Gasteiger partial charge in [0.25, 0.3) is 0 Å². The molecule has 1 heterocycles. The zero-order valence-electron chi connectivity index (χ0n) is 10.2. The molecule has 2 aromatic rings. The number of aromatic nitrogens is 2. The largest absolute Gasteiger partial charge is 0.378 e. The van der Waals surface area contributed by atoms with Gasteiger partial charge < -0.3 is 9.88 Å². The van der Waals surface area contributed by atoms with Gasteiger partial charge in [0.2, 0.25) is 0 Å². The van der Waals surface area contributed by atoms with Crippen molar-refractivity contribution in [3.05, 3.63) is 48.1 Å². The van der Waals surface area contributed by atoms with Gasteiger partial charge >= 0.3 is 0 Å². The molecule has 0 spiro atoms. The van der Waals surface area contributed by atoms with Crippen molar-refractivity contribution in [2.45, 2.75) is 26.4 Å². The van der Waals surface area contributed by atoms with Crippen molar-refractivity contribution in [2.75, 3.05) is 5.32 Å². The van der Waals surface area contributed by atoms with E-state index in [1.165, 1.54) is 6.07 Å².